The first kappa shape index (κ1) is 18.4. The fourth-order valence-electron chi connectivity index (χ4n) is 4.07. The zero-order chi connectivity index (χ0) is 20.5. The van der Waals surface area contributed by atoms with Crippen molar-refractivity contribution in [1.82, 2.24) is 19.7 Å². The number of fused-ring (bicyclic) bond motifs is 2. The molecule has 0 bridgehead atoms. The molecule has 0 aliphatic carbocycles. The van der Waals surface area contributed by atoms with E-state index in [9.17, 15) is 5.11 Å². The number of aromatic nitrogens is 4. The minimum absolute atomic E-state index is 0.0236. The first-order valence-electron chi connectivity index (χ1n) is 9.96. The minimum Gasteiger partial charge on any atom is -0.394 e. The van der Waals surface area contributed by atoms with Crippen molar-refractivity contribution in [2.45, 2.75) is 19.1 Å². The summed E-state index contributed by atoms with van der Waals surface area (Å²) in [4.78, 5) is 11.0. The van der Waals surface area contributed by atoms with Crippen LogP contribution in [-0.4, -0.2) is 38.0 Å². The van der Waals surface area contributed by atoms with Crippen molar-refractivity contribution >= 4 is 28.1 Å². The van der Waals surface area contributed by atoms with Crippen LogP contribution in [0.3, 0.4) is 0 Å². The van der Waals surface area contributed by atoms with Crippen molar-refractivity contribution in [3.63, 3.8) is 0 Å². The van der Waals surface area contributed by atoms with Crippen LogP contribution < -0.4 is 16.0 Å². The molecule has 1 aromatic carbocycles. The van der Waals surface area contributed by atoms with E-state index in [1.165, 1.54) is 0 Å². The van der Waals surface area contributed by atoms with Crippen LogP contribution in [0.5, 0.6) is 0 Å². The lowest BCUT2D eigenvalue weighted by atomic mass is 10.1. The summed E-state index contributed by atoms with van der Waals surface area (Å²) < 4.78 is 1.95. The van der Waals surface area contributed by atoms with Gasteiger partial charge in [0.25, 0.3) is 0 Å². The number of nitrogens with one attached hydrogen (secondary N) is 1. The molecule has 1 atom stereocenters. The number of anilines is 3. The lowest BCUT2D eigenvalue weighted by molar-refractivity contribution is 0.243. The molecule has 8 nitrogen and oxygen atoms in total. The molecule has 4 N–H and O–H groups in total. The highest BCUT2D eigenvalue weighted by atomic mass is 16.3. The summed E-state index contributed by atoms with van der Waals surface area (Å²) in [6.45, 7) is 2.21. The SMILES string of the molecule is Nc1nccc2c(NCc3ccc(N4CCn5nccc5C4CO)nc3)cccc12. The van der Waals surface area contributed by atoms with Gasteiger partial charge in [-0.25, -0.2) is 9.97 Å². The molecule has 1 aliphatic rings. The summed E-state index contributed by atoms with van der Waals surface area (Å²) in [6, 6.07) is 13.8. The lowest BCUT2D eigenvalue weighted by Gasteiger charge is -2.36. The molecule has 5 rings (SSSR count). The van der Waals surface area contributed by atoms with Gasteiger partial charge in [-0.1, -0.05) is 18.2 Å². The van der Waals surface area contributed by atoms with Crippen molar-refractivity contribution in [2.75, 3.05) is 29.1 Å². The number of hydrogen-bond donors (Lipinski definition) is 3. The van der Waals surface area contributed by atoms with Crippen LogP contribution in [0, 0.1) is 0 Å². The molecule has 0 saturated heterocycles. The number of aliphatic hydroxyl groups is 1. The Morgan fingerprint density at radius 1 is 1.03 bits per heavy atom. The molecule has 0 spiro atoms. The Morgan fingerprint density at radius 3 is 2.80 bits per heavy atom. The number of nitrogens with two attached hydrogens (primary N) is 1. The first-order chi connectivity index (χ1) is 14.7. The van der Waals surface area contributed by atoms with Gasteiger partial charge in [0.05, 0.1) is 24.9 Å². The van der Waals surface area contributed by atoms with Gasteiger partial charge >= 0.3 is 0 Å². The monoisotopic (exact) mass is 401 g/mol. The molecule has 1 aliphatic heterocycles. The van der Waals surface area contributed by atoms with E-state index in [-0.39, 0.29) is 12.6 Å². The lowest BCUT2D eigenvalue weighted by Crippen LogP contribution is -2.40. The van der Waals surface area contributed by atoms with Crippen molar-refractivity contribution in [1.29, 1.82) is 0 Å². The number of nitrogens with zero attached hydrogens (tertiary/aromatic N) is 5. The van der Waals surface area contributed by atoms with Crippen molar-refractivity contribution in [3.8, 4) is 0 Å². The second-order valence-electron chi connectivity index (χ2n) is 7.35. The van der Waals surface area contributed by atoms with Crippen LogP contribution in [0.4, 0.5) is 17.3 Å². The van der Waals surface area contributed by atoms with E-state index in [0.717, 1.165) is 46.6 Å². The quantitative estimate of drug-likeness (QED) is 0.472. The third kappa shape index (κ3) is 3.21. The van der Waals surface area contributed by atoms with E-state index < -0.39 is 0 Å². The molecule has 4 heterocycles. The summed E-state index contributed by atoms with van der Waals surface area (Å²) in [5.41, 5.74) is 9.08. The van der Waals surface area contributed by atoms with Crippen LogP contribution in [0.1, 0.15) is 17.3 Å². The van der Waals surface area contributed by atoms with Gasteiger partial charge in [-0.05, 0) is 29.8 Å². The predicted molar refractivity (Wildman–Crippen MR) is 117 cm³/mol. The number of hydrogen-bond acceptors (Lipinski definition) is 7. The Hall–Kier alpha value is -3.65. The van der Waals surface area contributed by atoms with E-state index in [2.05, 4.69) is 31.3 Å². The molecule has 0 saturated carbocycles. The highest BCUT2D eigenvalue weighted by Crippen LogP contribution is 2.29. The van der Waals surface area contributed by atoms with E-state index in [1.807, 2.05) is 47.3 Å². The van der Waals surface area contributed by atoms with Gasteiger partial charge in [-0.2, -0.15) is 5.10 Å². The average molecular weight is 401 g/mol. The van der Waals surface area contributed by atoms with Crippen molar-refractivity contribution in [2.24, 2.45) is 0 Å². The number of pyridine rings is 2. The van der Waals surface area contributed by atoms with Crippen LogP contribution >= 0.6 is 0 Å². The fourth-order valence-corrected chi connectivity index (χ4v) is 4.07. The van der Waals surface area contributed by atoms with Crippen molar-refractivity contribution in [3.05, 3.63) is 72.3 Å². The maximum Gasteiger partial charge on any atom is 0.131 e. The highest BCUT2D eigenvalue weighted by Gasteiger charge is 2.28. The summed E-state index contributed by atoms with van der Waals surface area (Å²) in [5, 5.41) is 19.7. The molecule has 8 heteroatoms. The second kappa shape index (κ2) is 7.64. The van der Waals surface area contributed by atoms with Crippen LogP contribution in [-0.2, 0) is 13.1 Å². The molecule has 1 unspecified atom stereocenters. The van der Waals surface area contributed by atoms with E-state index in [0.29, 0.717) is 12.4 Å². The predicted octanol–water partition coefficient (Wildman–Crippen LogP) is 2.57. The van der Waals surface area contributed by atoms with Gasteiger partial charge in [0.1, 0.15) is 11.6 Å². The molecule has 3 aromatic heterocycles. The van der Waals surface area contributed by atoms with Crippen molar-refractivity contribution < 1.29 is 5.11 Å². The Kier molecular flexibility index (Phi) is 4.68. The molecular weight excluding hydrogens is 378 g/mol. The largest absolute Gasteiger partial charge is 0.394 e. The first-order valence-corrected chi connectivity index (χ1v) is 9.96. The smallest absolute Gasteiger partial charge is 0.131 e. The molecular formula is C22H23N7O. The minimum atomic E-state index is -0.132. The third-order valence-corrected chi connectivity index (χ3v) is 5.62. The Labute approximate surface area is 174 Å². The van der Waals surface area contributed by atoms with Crippen LogP contribution in [0.25, 0.3) is 10.8 Å². The van der Waals surface area contributed by atoms with Gasteiger partial charge in [0.2, 0.25) is 0 Å². The summed E-state index contributed by atoms with van der Waals surface area (Å²) in [6.07, 6.45) is 5.38. The molecule has 30 heavy (non-hydrogen) atoms. The fraction of sp³-hybridized carbons (Fsp3) is 0.227. The summed E-state index contributed by atoms with van der Waals surface area (Å²) in [7, 11) is 0. The van der Waals surface area contributed by atoms with E-state index in [4.69, 9.17) is 5.73 Å². The Balaban J connectivity index is 1.32. The van der Waals surface area contributed by atoms with E-state index in [1.54, 1.807) is 12.4 Å². The zero-order valence-corrected chi connectivity index (χ0v) is 16.4. The topological polar surface area (TPSA) is 105 Å². The van der Waals surface area contributed by atoms with Gasteiger partial charge < -0.3 is 21.1 Å². The maximum atomic E-state index is 9.92. The molecule has 4 aromatic rings. The molecule has 152 valence electrons. The number of rotatable bonds is 5. The highest BCUT2D eigenvalue weighted by molar-refractivity contribution is 5.99. The molecule has 0 amide bonds. The Morgan fingerprint density at radius 2 is 1.97 bits per heavy atom. The summed E-state index contributed by atoms with van der Waals surface area (Å²) in [5.74, 6) is 1.39. The number of aliphatic hydroxyl groups excluding tert-OH is 1. The van der Waals surface area contributed by atoms with Gasteiger partial charge in [0, 0.05) is 48.1 Å². The van der Waals surface area contributed by atoms with Gasteiger partial charge in [0.15, 0.2) is 0 Å². The van der Waals surface area contributed by atoms with Crippen LogP contribution in [0.15, 0.2) is 61.1 Å². The summed E-state index contributed by atoms with van der Waals surface area (Å²) >= 11 is 0. The molecule has 0 fully saturated rings. The maximum absolute atomic E-state index is 9.92. The van der Waals surface area contributed by atoms with Gasteiger partial charge in [-0.3, -0.25) is 4.68 Å². The third-order valence-electron chi connectivity index (χ3n) is 5.62. The Bertz CT molecular complexity index is 1170. The van der Waals surface area contributed by atoms with Gasteiger partial charge in [-0.15, -0.1) is 0 Å². The second-order valence-corrected chi connectivity index (χ2v) is 7.35. The standard InChI is InChI=1S/C22H23N7O/c23-22-17-2-1-3-18(16(17)6-8-24-22)25-12-15-4-5-21(26-13-15)28-10-11-29-19(7-9-27-29)20(28)14-30/h1-9,13,20,25,30H,10-12,14H2,(H2,23,24). The van der Waals surface area contributed by atoms with Crippen LogP contribution in [0.2, 0.25) is 0 Å². The number of benzene rings is 1. The zero-order valence-electron chi connectivity index (χ0n) is 16.4. The average Bonchev–Trinajstić information content (AvgIpc) is 3.27. The van der Waals surface area contributed by atoms with E-state index >= 15 is 0 Å². The normalized spacial score (nSPS) is 15.9. The number of nitrogen functional groups attached to an aromatic ring is 1. The molecule has 0 radical (unpaired) electrons.